The number of carbonyl (C=O) groups is 1. The van der Waals surface area contributed by atoms with Gasteiger partial charge in [-0.05, 0) is 43.4 Å². The van der Waals surface area contributed by atoms with Crippen LogP contribution in [0.25, 0.3) is 11.1 Å². The van der Waals surface area contributed by atoms with Crippen molar-refractivity contribution in [2.24, 2.45) is 0 Å². The van der Waals surface area contributed by atoms with E-state index in [1.54, 1.807) is 0 Å². The Morgan fingerprint density at radius 2 is 1.36 bits per heavy atom. The van der Waals surface area contributed by atoms with E-state index < -0.39 is 0 Å². The average molecular weight is 331 g/mol. The van der Waals surface area contributed by atoms with Crippen LogP contribution in [0.3, 0.4) is 0 Å². The summed E-state index contributed by atoms with van der Waals surface area (Å²) in [6, 6.07) is 20.3. The zero-order valence-electron chi connectivity index (χ0n) is 15.0. The molecule has 128 valence electrons. The minimum absolute atomic E-state index is 0.139. The van der Waals surface area contributed by atoms with E-state index in [0.29, 0.717) is 0 Å². The van der Waals surface area contributed by atoms with Gasteiger partial charge in [0.05, 0.1) is 5.57 Å². The second-order valence-corrected chi connectivity index (χ2v) is 6.74. The Balaban J connectivity index is 2.22. The molecule has 2 aromatic carbocycles. The molecule has 0 N–H and O–H groups in total. The Morgan fingerprint density at radius 1 is 0.840 bits per heavy atom. The fourth-order valence-corrected chi connectivity index (χ4v) is 3.28. The molecule has 2 heteroatoms. The number of hydrogen-bond donors (Lipinski definition) is 0. The van der Waals surface area contributed by atoms with Crippen LogP contribution in [0.2, 0.25) is 0 Å². The number of nitrogens with zero attached hydrogens (tertiary/aromatic N) is 1. The first kappa shape index (κ1) is 17.2. The number of likely N-dealkylation sites (tertiary alicyclic amines) is 1. The van der Waals surface area contributed by atoms with Crippen LogP contribution in [0.5, 0.6) is 0 Å². The van der Waals surface area contributed by atoms with Crippen LogP contribution >= 0.6 is 0 Å². The molecule has 1 saturated heterocycles. The highest BCUT2D eigenvalue weighted by Gasteiger charge is 2.25. The third kappa shape index (κ3) is 4.08. The van der Waals surface area contributed by atoms with Crippen LogP contribution in [-0.2, 0) is 4.79 Å². The Hall–Kier alpha value is -2.61. The van der Waals surface area contributed by atoms with Gasteiger partial charge in [0.1, 0.15) is 0 Å². The number of benzene rings is 2. The van der Waals surface area contributed by atoms with E-state index in [9.17, 15) is 4.79 Å². The van der Waals surface area contributed by atoms with Gasteiger partial charge in [-0.25, -0.2) is 0 Å². The van der Waals surface area contributed by atoms with Gasteiger partial charge in [0.2, 0.25) is 0 Å². The fourth-order valence-electron chi connectivity index (χ4n) is 3.28. The summed E-state index contributed by atoms with van der Waals surface area (Å²) >= 11 is 0. The molecule has 1 aliphatic heterocycles. The molecule has 0 unspecified atom stereocenters. The van der Waals surface area contributed by atoms with Crippen molar-refractivity contribution in [3.05, 3.63) is 83.4 Å². The van der Waals surface area contributed by atoms with E-state index >= 15 is 0 Å². The normalized spacial score (nSPS) is 14.9. The van der Waals surface area contributed by atoms with Gasteiger partial charge >= 0.3 is 0 Å². The van der Waals surface area contributed by atoms with E-state index in [0.717, 1.165) is 48.2 Å². The summed E-state index contributed by atoms with van der Waals surface area (Å²) in [6.07, 6.45) is 4.32. The lowest BCUT2D eigenvalue weighted by Gasteiger charge is -2.21. The third-order valence-corrected chi connectivity index (χ3v) is 4.46. The molecule has 0 saturated carbocycles. The summed E-state index contributed by atoms with van der Waals surface area (Å²) < 4.78 is 0. The second kappa shape index (κ2) is 7.98. The smallest absolute Gasteiger partial charge is 0.255 e. The van der Waals surface area contributed by atoms with E-state index in [1.807, 2.05) is 53.4 Å². The highest BCUT2D eigenvalue weighted by atomic mass is 16.2. The predicted octanol–water partition coefficient (Wildman–Crippen LogP) is 5.19. The van der Waals surface area contributed by atoms with Crippen LogP contribution in [0, 0.1) is 0 Å². The Kier molecular flexibility index (Phi) is 5.49. The Labute approximate surface area is 150 Å². The quantitative estimate of drug-likeness (QED) is 0.429. The maximum atomic E-state index is 13.4. The minimum Gasteiger partial charge on any atom is -0.339 e. The van der Waals surface area contributed by atoms with Gasteiger partial charge in [0, 0.05) is 13.1 Å². The van der Waals surface area contributed by atoms with Crippen molar-refractivity contribution in [2.45, 2.75) is 26.7 Å². The third-order valence-electron chi connectivity index (χ3n) is 4.46. The molecule has 0 atom stereocenters. The maximum absolute atomic E-state index is 13.4. The zero-order chi connectivity index (χ0) is 17.6. The van der Waals surface area contributed by atoms with Crippen LogP contribution in [-0.4, -0.2) is 23.9 Å². The first-order valence-corrected chi connectivity index (χ1v) is 8.96. The molecule has 0 radical (unpaired) electrons. The van der Waals surface area contributed by atoms with Crippen LogP contribution < -0.4 is 0 Å². The molecule has 0 bridgehead atoms. The highest BCUT2D eigenvalue weighted by molar-refractivity contribution is 6.28. The van der Waals surface area contributed by atoms with Crippen LogP contribution in [0.1, 0.15) is 37.8 Å². The molecular formula is C23H25NO. The van der Waals surface area contributed by atoms with Gasteiger partial charge < -0.3 is 4.90 Å². The molecule has 1 amide bonds. The summed E-state index contributed by atoms with van der Waals surface area (Å²) in [4.78, 5) is 15.4. The van der Waals surface area contributed by atoms with Crippen molar-refractivity contribution in [3.8, 4) is 0 Å². The lowest BCUT2D eigenvalue weighted by Crippen LogP contribution is -2.29. The largest absolute Gasteiger partial charge is 0.339 e. The number of hydrogen-bond acceptors (Lipinski definition) is 1. The van der Waals surface area contributed by atoms with E-state index in [4.69, 9.17) is 0 Å². The molecule has 0 aliphatic carbocycles. The molecular weight excluding hydrogens is 306 g/mol. The molecule has 2 aromatic rings. The van der Waals surface area contributed by atoms with Crippen molar-refractivity contribution >= 4 is 17.1 Å². The summed E-state index contributed by atoms with van der Waals surface area (Å²) in [5.41, 5.74) is 5.05. The lowest BCUT2D eigenvalue weighted by atomic mass is 9.92. The summed E-state index contributed by atoms with van der Waals surface area (Å²) in [6.45, 7) is 5.86. The topological polar surface area (TPSA) is 20.3 Å². The average Bonchev–Trinajstić information content (AvgIpc) is 3.17. The predicted molar refractivity (Wildman–Crippen MR) is 105 cm³/mol. The molecule has 25 heavy (non-hydrogen) atoms. The second-order valence-electron chi connectivity index (χ2n) is 6.74. The van der Waals surface area contributed by atoms with Crippen LogP contribution in [0.4, 0.5) is 0 Å². The summed E-state index contributed by atoms with van der Waals surface area (Å²) in [5.74, 6) is 0.139. The van der Waals surface area contributed by atoms with Crippen molar-refractivity contribution in [1.29, 1.82) is 0 Å². The van der Waals surface area contributed by atoms with Crippen molar-refractivity contribution in [2.75, 3.05) is 13.1 Å². The zero-order valence-corrected chi connectivity index (χ0v) is 15.0. The first-order chi connectivity index (χ1) is 12.2. The first-order valence-electron chi connectivity index (χ1n) is 8.96. The van der Waals surface area contributed by atoms with Gasteiger partial charge in [-0.3, -0.25) is 4.79 Å². The van der Waals surface area contributed by atoms with Gasteiger partial charge in [0.25, 0.3) is 5.91 Å². The minimum atomic E-state index is 0.139. The number of rotatable bonds is 4. The maximum Gasteiger partial charge on any atom is 0.255 e. The van der Waals surface area contributed by atoms with E-state index in [2.05, 4.69) is 32.1 Å². The van der Waals surface area contributed by atoms with Gasteiger partial charge in [-0.15, -0.1) is 0 Å². The van der Waals surface area contributed by atoms with Crippen molar-refractivity contribution in [1.82, 2.24) is 4.90 Å². The monoisotopic (exact) mass is 331 g/mol. The van der Waals surface area contributed by atoms with Gasteiger partial charge in [0.15, 0.2) is 0 Å². The Morgan fingerprint density at radius 3 is 1.88 bits per heavy atom. The number of carbonyl (C=O) groups excluding carboxylic acids is 1. The summed E-state index contributed by atoms with van der Waals surface area (Å²) in [7, 11) is 0. The van der Waals surface area contributed by atoms with E-state index in [1.165, 1.54) is 5.57 Å². The molecule has 3 rings (SSSR count). The molecule has 0 aromatic heterocycles. The molecule has 2 nitrogen and oxygen atoms in total. The van der Waals surface area contributed by atoms with Crippen molar-refractivity contribution in [3.63, 3.8) is 0 Å². The fraction of sp³-hybridized carbons (Fsp3) is 0.261. The van der Waals surface area contributed by atoms with Gasteiger partial charge in [-0.2, -0.15) is 0 Å². The number of amides is 1. The van der Waals surface area contributed by atoms with Gasteiger partial charge in [-0.1, -0.05) is 72.3 Å². The standard InChI is InChI=1S/C23H25NO/c1-18(2)17-21(19-11-5-3-6-12-19)22(20-13-7-4-8-14-20)23(25)24-15-9-10-16-24/h3-8,11-14,17H,9-10,15-16H2,1-2H3/b22-21+. The Bertz CT molecular complexity index is 777. The van der Waals surface area contributed by atoms with Crippen molar-refractivity contribution < 1.29 is 4.79 Å². The number of allylic oxidation sites excluding steroid dienone is 3. The SMILES string of the molecule is CC(C)=C/C(=C(\C(=O)N1CCCC1)c1ccccc1)c1ccccc1. The summed E-state index contributed by atoms with van der Waals surface area (Å²) in [5, 5.41) is 0. The molecule has 1 aliphatic rings. The molecule has 0 spiro atoms. The van der Waals surface area contributed by atoms with E-state index in [-0.39, 0.29) is 5.91 Å². The molecule has 1 heterocycles. The molecule has 1 fully saturated rings. The highest BCUT2D eigenvalue weighted by Crippen LogP contribution is 2.31. The lowest BCUT2D eigenvalue weighted by molar-refractivity contribution is -0.123. The van der Waals surface area contributed by atoms with Crippen LogP contribution in [0.15, 0.2) is 72.3 Å².